The summed E-state index contributed by atoms with van der Waals surface area (Å²) in [5, 5.41) is 3.31. The molecule has 0 aliphatic carbocycles. The van der Waals surface area contributed by atoms with E-state index in [4.69, 9.17) is 0 Å². The van der Waals surface area contributed by atoms with Gasteiger partial charge in [0.05, 0.1) is 0 Å². The fourth-order valence-electron chi connectivity index (χ4n) is 2.21. The van der Waals surface area contributed by atoms with Crippen LogP contribution in [0.25, 0.3) is 0 Å². The van der Waals surface area contributed by atoms with Crippen LogP contribution in [0.4, 0.5) is 4.39 Å². The average molecular weight is 207 g/mol. The van der Waals surface area contributed by atoms with Crippen LogP contribution in [0.15, 0.2) is 30.3 Å². The molecule has 0 saturated carbocycles. The van der Waals surface area contributed by atoms with Crippen molar-refractivity contribution >= 4 is 0 Å². The molecule has 2 rings (SSSR count). The van der Waals surface area contributed by atoms with Gasteiger partial charge in [-0.3, -0.25) is 0 Å². The van der Waals surface area contributed by atoms with E-state index in [-0.39, 0.29) is 0 Å². The molecule has 0 spiro atoms. The standard InChI is InChI=1S/C13H18FN/c14-13(12-4-2-1-3-5-12)10-11-6-8-15-9-7-11/h1-5,11,13,15H,6-10H2. The van der Waals surface area contributed by atoms with Crippen molar-refractivity contribution < 1.29 is 4.39 Å². The van der Waals surface area contributed by atoms with Crippen LogP contribution in [0.2, 0.25) is 0 Å². The van der Waals surface area contributed by atoms with Gasteiger partial charge in [-0.25, -0.2) is 4.39 Å². The first kappa shape index (κ1) is 10.6. The Morgan fingerprint density at radius 2 is 1.87 bits per heavy atom. The van der Waals surface area contributed by atoms with Gasteiger partial charge in [-0.2, -0.15) is 0 Å². The molecule has 0 amide bonds. The summed E-state index contributed by atoms with van der Waals surface area (Å²) in [7, 11) is 0. The number of rotatable bonds is 3. The van der Waals surface area contributed by atoms with E-state index in [2.05, 4.69) is 5.32 Å². The quantitative estimate of drug-likeness (QED) is 0.803. The lowest BCUT2D eigenvalue weighted by Gasteiger charge is -2.24. The Labute approximate surface area is 90.7 Å². The van der Waals surface area contributed by atoms with E-state index >= 15 is 0 Å². The molecule has 1 aromatic rings. The van der Waals surface area contributed by atoms with Crippen molar-refractivity contribution in [3.8, 4) is 0 Å². The van der Waals surface area contributed by atoms with Gasteiger partial charge in [-0.05, 0) is 43.8 Å². The van der Waals surface area contributed by atoms with Crippen LogP contribution in [0, 0.1) is 5.92 Å². The molecule has 2 heteroatoms. The van der Waals surface area contributed by atoms with Crippen LogP contribution in [0.1, 0.15) is 31.0 Å². The Morgan fingerprint density at radius 1 is 1.20 bits per heavy atom. The molecule has 1 heterocycles. The van der Waals surface area contributed by atoms with E-state index in [1.807, 2.05) is 30.3 Å². The van der Waals surface area contributed by atoms with Gasteiger partial charge >= 0.3 is 0 Å². The zero-order valence-corrected chi connectivity index (χ0v) is 8.95. The van der Waals surface area contributed by atoms with Gasteiger partial charge in [0.25, 0.3) is 0 Å². The van der Waals surface area contributed by atoms with Gasteiger partial charge < -0.3 is 5.32 Å². The topological polar surface area (TPSA) is 12.0 Å². The summed E-state index contributed by atoms with van der Waals surface area (Å²) >= 11 is 0. The first-order valence-corrected chi connectivity index (χ1v) is 5.76. The second-order valence-electron chi connectivity index (χ2n) is 4.31. The molecule has 0 radical (unpaired) electrons. The Morgan fingerprint density at radius 3 is 2.53 bits per heavy atom. The van der Waals surface area contributed by atoms with E-state index in [0.29, 0.717) is 12.3 Å². The zero-order valence-electron chi connectivity index (χ0n) is 8.95. The number of piperidine rings is 1. The lowest BCUT2D eigenvalue weighted by Crippen LogP contribution is -2.28. The fourth-order valence-corrected chi connectivity index (χ4v) is 2.21. The maximum Gasteiger partial charge on any atom is 0.125 e. The van der Waals surface area contributed by atoms with E-state index < -0.39 is 6.17 Å². The van der Waals surface area contributed by atoms with Gasteiger partial charge in [0.1, 0.15) is 6.17 Å². The van der Waals surface area contributed by atoms with Crippen LogP contribution in [0.5, 0.6) is 0 Å². The second kappa shape index (κ2) is 5.26. The summed E-state index contributed by atoms with van der Waals surface area (Å²) in [6.45, 7) is 2.10. The van der Waals surface area contributed by atoms with Gasteiger partial charge in [0, 0.05) is 0 Å². The minimum atomic E-state index is -0.783. The van der Waals surface area contributed by atoms with E-state index in [0.717, 1.165) is 31.5 Å². The van der Waals surface area contributed by atoms with E-state index in [9.17, 15) is 4.39 Å². The van der Waals surface area contributed by atoms with Crippen LogP contribution in [-0.4, -0.2) is 13.1 Å². The lowest BCUT2D eigenvalue weighted by atomic mass is 9.90. The van der Waals surface area contributed by atoms with Crippen molar-refractivity contribution in [1.82, 2.24) is 5.32 Å². The highest BCUT2D eigenvalue weighted by Crippen LogP contribution is 2.29. The molecule has 1 atom stereocenters. The zero-order chi connectivity index (χ0) is 10.5. The number of halogens is 1. The minimum Gasteiger partial charge on any atom is -0.317 e. The molecule has 0 aromatic heterocycles. The molecule has 1 aliphatic heterocycles. The van der Waals surface area contributed by atoms with Crippen LogP contribution >= 0.6 is 0 Å². The minimum absolute atomic E-state index is 0.557. The van der Waals surface area contributed by atoms with Gasteiger partial charge in [0.2, 0.25) is 0 Å². The summed E-state index contributed by atoms with van der Waals surface area (Å²) in [5.74, 6) is 0.557. The summed E-state index contributed by atoms with van der Waals surface area (Å²) < 4.78 is 13.9. The molecule has 15 heavy (non-hydrogen) atoms. The van der Waals surface area contributed by atoms with Crippen molar-refractivity contribution in [3.05, 3.63) is 35.9 Å². The van der Waals surface area contributed by atoms with Crippen LogP contribution in [0.3, 0.4) is 0 Å². The van der Waals surface area contributed by atoms with Crippen LogP contribution < -0.4 is 5.32 Å². The Kier molecular flexibility index (Phi) is 3.73. The molecule has 0 bridgehead atoms. The molecule has 1 unspecified atom stereocenters. The Hall–Kier alpha value is -0.890. The van der Waals surface area contributed by atoms with Gasteiger partial charge in [0.15, 0.2) is 0 Å². The van der Waals surface area contributed by atoms with Gasteiger partial charge in [-0.15, -0.1) is 0 Å². The summed E-state index contributed by atoms with van der Waals surface area (Å²) in [6.07, 6.45) is 2.14. The average Bonchev–Trinajstić information content (AvgIpc) is 2.31. The number of hydrogen-bond acceptors (Lipinski definition) is 1. The Bertz CT molecular complexity index is 280. The van der Waals surface area contributed by atoms with Crippen molar-refractivity contribution in [1.29, 1.82) is 0 Å². The molecule has 1 N–H and O–H groups in total. The molecule has 82 valence electrons. The monoisotopic (exact) mass is 207 g/mol. The maximum atomic E-state index is 13.9. The molecular formula is C13H18FN. The second-order valence-corrected chi connectivity index (χ2v) is 4.31. The third-order valence-electron chi connectivity index (χ3n) is 3.16. The number of alkyl halides is 1. The summed E-state index contributed by atoms with van der Waals surface area (Å²) in [5.41, 5.74) is 0.830. The highest BCUT2D eigenvalue weighted by atomic mass is 19.1. The predicted molar refractivity (Wildman–Crippen MR) is 60.5 cm³/mol. The highest BCUT2D eigenvalue weighted by Gasteiger charge is 2.19. The largest absolute Gasteiger partial charge is 0.317 e. The summed E-state index contributed by atoms with van der Waals surface area (Å²) in [4.78, 5) is 0. The van der Waals surface area contributed by atoms with Crippen molar-refractivity contribution in [2.45, 2.75) is 25.4 Å². The van der Waals surface area contributed by atoms with Crippen molar-refractivity contribution in [3.63, 3.8) is 0 Å². The predicted octanol–water partition coefficient (Wildman–Crippen LogP) is 3.09. The summed E-state index contributed by atoms with van der Waals surface area (Å²) in [6, 6.07) is 9.51. The number of benzene rings is 1. The Balaban J connectivity index is 1.88. The molecule has 1 aliphatic rings. The maximum absolute atomic E-state index is 13.9. The normalized spacial score (nSPS) is 20.1. The van der Waals surface area contributed by atoms with Crippen LogP contribution in [-0.2, 0) is 0 Å². The first-order valence-electron chi connectivity index (χ1n) is 5.76. The molecule has 1 saturated heterocycles. The van der Waals surface area contributed by atoms with Crippen molar-refractivity contribution in [2.24, 2.45) is 5.92 Å². The fraction of sp³-hybridized carbons (Fsp3) is 0.538. The van der Waals surface area contributed by atoms with Gasteiger partial charge in [-0.1, -0.05) is 30.3 Å². The highest BCUT2D eigenvalue weighted by molar-refractivity contribution is 5.17. The smallest absolute Gasteiger partial charge is 0.125 e. The third kappa shape index (κ3) is 3.03. The molecular weight excluding hydrogens is 189 g/mol. The molecule has 1 fully saturated rings. The number of nitrogens with one attached hydrogen (secondary N) is 1. The first-order chi connectivity index (χ1) is 7.36. The molecule has 1 aromatic carbocycles. The molecule has 1 nitrogen and oxygen atoms in total. The van der Waals surface area contributed by atoms with Crippen molar-refractivity contribution in [2.75, 3.05) is 13.1 Å². The third-order valence-corrected chi connectivity index (χ3v) is 3.16. The van der Waals surface area contributed by atoms with E-state index in [1.165, 1.54) is 0 Å². The SMILES string of the molecule is FC(CC1CCNCC1)c1ccccc1. The number of hydrogen-bond donors (Lipinski definition) is 1. The van der Waals surface area contributed by atoms with E-state index in [1.54, 1.807) is 0 Å². The lowest BCUT2D eigenvalue weighted by molar-refractivity contribution is 0.240.